The molecule has 0 fully saturated rings. The summed E-state index contributed by atoms with van der Waals surface area (Å²) in [6, 6.07) is 18.4. The second kappa shape index (κ2) is 7.65. The van der Waals surface area contributed by atoms with Crippen LogP contribution in [0.4, 0.5) is 0 Å². The quantitative estimate of drug-likeness (QED) is 0.476. The summed E-state index contributed by atoms with van der Waals surface area (Å²) < 4.78 is 10.5. The highest BCUT2D eigenvalue weighted by molar-refractivity contribution is 5.97. The summed E-state index contributed by atoms with van der Waals surface area (Å²) in [6.07, 6.45) is 1.49. The minimum absolute atomic E-state index is 0.0291. The van der Waals surface area contributed by atoms with Crippen molar-refractivity contribution in [3.63, 3.8) is 0 Å². The fraction of sp³-hybridized carbons (Fsp3) is 0.111. The van der Waals surface area contributed by atoms with Crippen molar-refractivity contribution in [3.8, 4) is 17.6 Å². The molecule has 0 bridgehead atoms. The zero-order valence-electron chi connectivity index (χ0n) is 12.2. The molecule has 0 spiro atoms. The third-order valence-electron chi connectivity index (χ3n) is 2.79. The molecule has 0 N–H and O–H groups in total. The monoisotopic (exact) mass is 293 g/mol. The number of rotatable bonds is 5. The predicted molar refractivity (Wildman–Crippen MR) is 83.2 cm³/mol. The van der Waals surface area contributed by atoms with Gasteiger partial charge in [0.15, 0.2) is 0 Å². The number of nitriles is 1. The van der Waals surface area contributed by atoms with Gasteiger partial charge in [0.1, 0.15) is 23.1 Å². The molecule has 0 aliphatic rings. The van der Waals surface area contributed by atoms with Crippen LogP contribution in [0.3, 0.4) is 0 Å². The molecule has 4 heteroatoms. The van der Waals surface area contributed by atoms with Gasteiger partial charge in [0.2, 0.25) is 0 Å². The fourth-order valence-corrected chi connectivity index (χ4v) is 1.77. The van der Waals surface area contributed by atoms with Crippen molar-refractivity contribution in [1.82, 2.24) is 0 Å². The Hall–Kier alpha value is -3.06. The third kappa shape index (κ3) is 4.22. The van der Waals surface area contributed by atoms with Gasteiger partial charge in [-0.15, -0.1) is 0 Å². The molecule has 0 saturated carbocycles. The molecule has 4 nitrogen and oxygen atoms in total. The van der Waals surface area contributed by atoms with E-state index in [1.807, 2.05) is 36.4 Å². The van der Waals surface area contributed by atoms with Crippen molar-refractivity contribution in [2.45, 2.75) is 6.92 Å². The molecule has 110 valence electrons. The number of benzene rings is 2. The van der Waals surface area contributed by atoms with Crippen LogP contribution < -0.4 is 4.74 Å². The van der Waals surface area contributed by atoms with Gasteiger partial charge < -0.3 is 9.47 Å². The molecular weight excluding hydrogens is 278 g/mol. The molecule has 2 rings (SSSR count). The van der Waals surface area contributed by atoms with Gasteiger partial charge in [-0.3, -0.25) is 0 Å². The van der Waals surface area contributed by atoms with Crippen LogP contribution in [-0.4, -0.2) is 12.6 Å². The second-order valence-electron chi connectivity index (χ2n) is 4.37. The van der Waals surface area contributed by atoms with E-state index in [1.54, 1.807) is 31.2 Å². The SMILES string of the molecule is CCOC(=O)/C(C#N)=C/c1ccc(Oc2ccccc2)cc1. The van der Waals surface area contributed by atoms with E-state index < -0.39 is 5.97 Å². The normalized spacial score (nSPS) is 10.6. The van der Waals surface area contributed by atoms with Gasteiger partial charge >= 0.3 is 5.97 Å². The maximum atomic E-state index is 11.5. The van der Waals surface area contributed by atoms with Gasteiger partial charge in [-0.05, 0) is 42.8 Å². The molecule has 0 aliphatic heterocycles. The molecule has 0 saturated heterocycles. The lowest BCUT2D eigenvalue weighted by molar-refractivity contribution is -0.137. The van der Waals surface area contributed by atoms with Gasteiger partial charge in [-0.2, -0.15) is 5.26 Å². The minimum Gasteiger partial charge on any atom is -0.462 e. The maximum absolute atomic E-state index is 11.5. The van der Waals surface area contributed by atoms with Gasteiger partial charge in [-0.1, -0.05) is 30.3 Å². The molecular formula is C18H15NO3. The molecule has 2 aromatic carbocycles. The summed E-state index contributed by atoms with van der Waals surface area (Å²) in [7, 11) is 0. The lowest BCUT2D eigenvalue weighted by Crippen LogP contribution is -2.05. The van der Waals surface area contributed by atoms with Crippen LogP contribution in [0.25, 0.3) is 6.08 Å². The highest BCUT2D eigenvalue weighted by Gasteiger charge is 2.09. The first kappa shape index (κ1) is 15.3. The van der Waals surface area contributed by atoms with Crippen LogP contribution in [0.1, 0.15) is 12.5 Å². The van der Waals surface area contributed by atoms with Crippen molar-refractivity contribution in [2.24, 2.45) is 0 Å². The van der Waals surface area contributed by atoms with Crippen molar-refractivity contribution < 1.29 is 14.3 Å². The summed E-state index contributed by atoms with van der Waals surface area (Å²) in [5.41, 5.74) is 0.698. The van der Waals surface area contributed by atoms with Crippen LogP contribution in [0.5, 0.6) is 11.5 Å². The number of ether oxygens (including phenoxy) is 2. The molecule has 0 radical (unpaired) electrons. The van der Waals surface area contributed by atoms with Crippen LogP contribution in [-0.2, 0) is 9.53 Å². The molecule has 0 heterocycles. The molecule has 0 atom stereocenters. The highest BCUT2D eigenvalue weighted by Crippen LogP contribution is 2.21. The Morgan fingerprint density at radius 3 is 2.32 bits per heavy atom. The lowest BCUT2D eigenvalue weighted by Gasteiger charge is -2.05. The van der Waals surface area contributed by atoms with Crippen LogP contribution in [0.2, 0.25) is 0 Å². The van der Waals surface area contributed by atoms with E-state index in [4.69, 9.17) is 14.7 Å². The average Bonchev–Trinajstić information content (AvgIpc) is 2.55. The number of nitrogens with zero attached hydrogens (tertiary/aromatic N) is 1. The first-order valence-corrected chi connectivity index (χ1v) is 6.85. The van der Waals surface area contributed by atoms with Gasteiger partial charge in [-0.25, -0.2) is 4.79 Å². The van der Waals surface area contributed by atoms with Crippen LogP contribution >= 0.6 is 0 Å². The second-order valence-corrected chi connectivity index (χ2v) is 4.37. The molecule has 0 aliphatic carbocycles. The van der Waals surface area contributed by atoms with E-state index in [1.165, 1.54) is 6.08 Å². The Bertz CT molecular complexity index is 697. The van der Waals surface area contributed by atoms with Crippen LogP contribution in [0.15, 0.2) is 60.2 Å². The zero-order valence-corrected chi connectivity index (χ0v) is 12.2. The Morgan fingerprint density at radius 2 is 1.73 bits per heavy atom. The van der Waals surface area contributed by atoms with Gasteiger partial charge in [0, 0.05) is 0 Å². The standard InChI is InChI=1S/C18H15NO3/c1-2-21-18(20)15(13-19)12-14-8-10-17(11-9-14)22-16-6-4-3-5-7-16/h3-12H,2H2,1H3/b15-12+. The van der Waals surface area contributed by atoms with E-state index in [-0.39, 0.29) is 12.2 Å². The Labute approximate surface area is 129 Å². The molecule has 0 amide bonds. The largest absolute Gasteiger partial charge is 0.462 e. The maximum Gasteiger partial charge on any atom is 0.348 e. The zero-order chi connectivity index (χ0) is 15.8. The first-order valence-electron chi connectivity index (χ1n) is 6.85. The summed E-state index contributed by atoms with van der Waals surface area (Å²) in [6.45, 7) is 1.93. The predicted octanol–water partition coefficient (Wildman–Crippen LogP) is 3.95. The number of hydrogen-bond acceptors (Lipinski definition) is 4. The number of esters is 1. The van der Waals surface area contributed by atoms with Crippen molar-refractivity contribution in [2.75, 3.05) is 6.61 Å². The van der Waals surface area contributed by atoms with Crippen molar-refractivity contribution in [3.05, 3.63) is 65.7 Å². The average molecular weight is 293 g/mol. The molecule has 22 heavy (non-hydrogen) atoms. The van der Waals surface area contributed by atoms with E-state index >= 15 is 0 Å². The number of hydrogen-bond donors (Lipinski definition) is 0. The van der Waals surface area contributed by atoms with Crippen molar-refractivity contribution >= 4 is 12.0 Å². The van der Waals surface area contributed by atoms with E-state index in [2.05, 4.69) is 0 Å². The molecule has 2 aromatic rings. The Morgan fingerprint density at radius 1 is 1.09 bits per heavy atom. The summed E-state index contributed by atoms with van der Waals surface area (Å²) in [5, 5.41) is 8.99. The van der Waals surface area contributed by atoms with E-state index in [0.717, 1.165) is 11.3 Å². The smallest absolute Gasteiger partial charge is 0.348 e. The van der Waals surface area contributed by atoms with Crippen LogP contribution in [0, 0.1) is 11.3 Å². The summed E-state index contributed by atoms with van der Waals surface area (Å²) in [4.78, 5) is 11.5. The Kier molecular flexibility index (Phi) is 5.33. The van der Waals surface area contributed by atoms with Gasteiger partial charge in [0.25, 0.3) is 0 Å². The van der Waals surface area contributed by atoms with E-state index in [0.29, 0.717) is 5.75 Å². The first-order chi connectivity index (χ1) is 10.7. The minimum atomic E-state index is -0.616. The van der Waals surface area contributed by atoms with Crippen molar-refractivity contribution in [1.29, 1.82) is 5.26 Å². The molecule has 0 aromatic heterocycles. The topological polar surface area (TPSA) is 59.3 Å². The number of carbonyl (C=O) groups excluding carboxylic acids is 1. The molecule has 0 unspecified atom stereocenters. The summed E-state index contributed by atoms with van der Waals surface area (Å²) >= 11 is 0. The third-order valence-corrected chi connectivity index (χ3v) is 2.79. The highest BCUT2D eigenvalue weighted by atomic mass is 16.5. The lowest BCUT2D eigenvalue weighted by atomic mass is 10.1. The Balaban J connectivity index is 2.11. The van der Waals surface area contributed by atoms with E-state index in [9.17, 15) is 4.79 Å². The number of para-hydroxylation sites is 1. The van der Waals surface area contributed by atoms with Gasteiger partial charge in [0.05, 0.1) is 6.61 Å². The number of carbonyl (C=O) groups is 1. The summed E-state index contributed by atoms with van der Waals surface area (Å²) in [5.74, 6) is 0.808. The fourth-order valence-electron chi connectivity index (χ4n) is 1.77.